The van der Waals surface area contributed by atoms with E-state index in [0.29, 0.717) is 18.8 Å². The molecule has 0 spiro atoms. The monoisotopic (exact) mass is 471 g/mol. The largest absolute Gasteiger partial charge is 0.330 e. The number of benzene rings is 1. The van der Waals surface area contributed by atoms with Crippen LogP contribution in [0.4, 0.5) is 5.69 Å². The second kappa shape index (κ2) is 8.70. The number of likely N-dealkylation sites (tertiary alicyclic amines) is 3. The summed E-state index contributed by atoms with van der Waals surface area (Å²) >= 11 is -2.11. The minimum Gasteiger partial charge on any atom is -0.330 e. The van der Waals surface area contributed by atoms with Crippen LogP contribution in [-0.4, -0.2) is 73.0 Å². The average molecular weight is 472 g/mol. The third-order valence-corrected chi connectivity index (χ3v) is 8.07. The summed E-state index contributed by atoms with van der Waals surface area (Å²) in [6.07, 6.45) is 4.10. The van der Waals surface area contributed by atoms with Gasteiger partial charge in [-0.2, -0.15) is 5.26 Å². The van der Waals surface area contributed by atoms with Gasteiger partial charge in [0.25, 0.3) is 11.3 Å². The molecule has 3 heterocycles. The third-order valence-electron chi connectivity index (χ3n) is 7.66. The van der Waals surface area contributed by atoms with Gasteiger partial charge in [-0.25, -0.2) is 4.21 Å². The standard InChI is InChI=1S/C23H29N5O4S/c1-14(22(29)27-8-2-3-17(27)11-24)12-26-13-18-10-21(26)23(30)28(18)20-7-4-15-9-16(25-33(31)32)5-6-19(15)20/h5-6,9,14,17-18,20-21,25H,2-4,7-8,10,12-13H2,1H3,(H,31,32)/t14-,17-,18-,20+,21-/m0/s1. The molecule has 6 atom stereocenters. The van der Waals surface area contributed by atoms with Crippen LogP contribution < -0.4 is 4.72 Å². The summed E-state index contributed by atoms with van der Waals surface area (Å²) < 4.78 is 22.6. The molecule has 9 nitrogen and oxygen atoms in total. The number of nitrogens with one attached hydrogen (secondary N) is 1. The Morgan fingerprint density at radius 3 is 2.91 bits per heavy atom. The number of carbonyl (C=O) groups is 2. The molecule has 2 amide bonds. The molecule has 33 heavy (non-hydrogen) atoms. The van der Waals surface area contributed by atoms with E-state index in [1.54, 1.807) is 11.0 Å². The first kappa shape index (κ1) is 22.3. The van der Waals surface area contributed by atoms with Crippen molar-refractivity contribution in [1.29, 1.82) is 5.26 Å². The van der Waals surface area contributed by atoms with E-state index in [-0.39, 0.29) is 41.9 Å². The highest BCUT2D eigenvalue weighted by molar-refractivity contribution is 7.80. The predicted molar refractivity (Wildman–Crippen MR) is 122 cm³/mol. The van der Waals surface area contributed by atoms with Gasteiger partial charge in [0, 0.05) is 37.3 Å². The summed E-state index contributed by atoms with van der Waals surface area (Å²) in [5, 5.41) is 9.30. The quantitative estimate of drug-likeness (QED) is 0.610. The van der Waals surface area contributed by atoms with Crippen molar-refractivity contribution in [3.63, 3.8) is 0 Å². The van der Waals surface area contributed by atoms with Gasteiger partial charge in [0.15, 0.2) is 0 Å². The van der Waals surface area contributed by atoms with E-state index in [0.717, 1.165) is 49.8 Å². The SMILES string of the molecule is C[C@@H](CN1C[C@@H]2C[C@H]1C(=O)N2[C@@H]1CCc2cc(NS(=O)O)ccc21)C(=O)N1CCC[C@H]1C#N. The fourth-order valence-electron chi connectivity index (χ4n) is 6.23. The van der Waals surface area contributed by atoms with Gasteiger partial charge in [0.1, 0.15) is 6.04 Å². The topological polar surface area (TPSA) is 117 Å². The molecule has 1 aliphatic carbocycles. The lowest BCUT2D eigenvalue weighted by Crippen LogP contribution is -2.53. The first-order valence-electron chi connectivity index (χ1n) is 11.6. The molecule has 0 saturated carbocycles. The molecular formula is C23H29N5O4S. The van der Waals surface area contributed by atoms with E-state index < -0.39 is 11.3 Å². The summed E-state index contributed by atoms with van der Waals surface area (Å²) in [6, 6.07) is 7.56. The number of nitrogens with zero attached hydrogens (tertiary/aromatic N) is 4. The summed E-state index contributed by atoms with van der Waals surface area (Å²) in [5.74, 6) is -0.0858. The van der Waals surface area contributed by atoms with Gasteiger partial charge in [-0.05, 0) is 55.4 Å². The molecule has 5 rings (SSSR count). The summed E-state index contributed by atoms with van der Waals surface area (Å²) in [7, 11) is 0. The Morgan fingerprint density at radius 2 is 2.18 bits per heavy atom. The molecule has 0 aromatic heterocycles. The van der Waals surface area contributed by atoms with E-state index in [1.165, 1.54) is 0 Å². The van der Waals surface area contributed by atoms with Crippen LogP contribution in [0, 0.1) is 17.2 Å². The lowest BCUT2D eigenvalue weighted by Gasteiger charge is -2.38. The minimum absolute atomic E-state index is 0.0177. The van der Waals surface area contributed by atoms with Crippen LogP contribution in [0.5, 0.6) is 0 Å². The van der Waals surface area contributed by atoms with Gasteiger partial charge >= 0.3 is 0 Å². The normalized spacial score (nSPS) is 30.4. The molecule has 1 unspecified atom stereocenters. The highest BCUT2D eigenvalue weighted by Crippen LogP contribution is 2.44. The third kappa shape index (κ3) is 3.92. The Balaban J connectivity index is 1.24. The van der Waals surface area contributed by atoms with E-state index in [2.05, 4.69) is 15.7 Å². The van der Waals surface area contributed by atoms with Gasteiger partial charge < -0.3 is 9.80 Å². The number of nitriles is 1. The fraction of sp³-hybridized carbons (Fsp3) is 0.609. The van der Waals surface area contributed by atoms with Crippen LogP contribution in [0.25, 0.3) is 0 Å². The van der Waals surface area contributed by atoms with E-state index in [1.807, 2.05) is 24.0 Å². The van der Waals surface area contributed by atoms with Crippen LogP contribution >= 0.6 is 0 Å². The maximum Gasteiger partial charge on any atom is 0.259 e. The van der Waals surface area contributed by atoms with E-state index >= 15 is 0 Å². The maximum atomic E-state index is 13.4. The number of fused-ring (bicyclic) bond motifs is 3. The Labute approximate surface area is 196 Å². The van der Waals surface area contributed by atoms with Crippen molar-refractivity contribution in [3.05, 3.63) is 29.3 Å². The first-order valence-corrected chi connectivity index (χ1v) is 12.7. The number of aryl methyl sites for hydroxylation is 1. The molecule has 2 bridgehead atoms. The van der Waals surface area contributed by atoms with Crippen molar-refractivity contribution >= 4 is 28.8 Å². The number of amides is 2. The number of anilines is 1. The second-order valence-electron chi connectivity index (χ2n) is 9.64. The van der Waals surface area contributed by atoms with Gasteiger partial charge in [-0.3, -0.25) is 23.8 Å². The van der Waals surface area contributed by atoms with Gasteiger partial charge in [-0.15, -0.1) is 0 Å². The van der Waals surface area contributed by atoms with Crippen LogP contribution in [0.3, 0.4) is 0 Å². The maximum absolute atomic E-state index is 13.4. The molecule has 176 valence electrons. The zero-order valence-corrected chi connectivity index (χ0v) is 19.5. The molecule has 10 heteroatoms. The zero-order valence-electron chi connectivity index (χ0n) is 18.6. The molecule has 3 saturated heterocycles. The van der Waals surface area contributed by atoms with E-state index in [9.17, 15) is 19.1 Å². The highest BCUT2D eigenvalue weighted by Gasteiger charge is 2.53. The lowest BCUT2D eigenvalue weighted by atomic mass is 10.0. The molecule has 2 N–H and O–H groups in total. The summed E-state index contributed by atoms with van der Waals surface area (Å²) in [4.78, 5) is 32.2. The number of rotatable bonds is 6. The average Bonchev–Trinajstić information content (AvgIpc) is 3.55. The van der Waals surface area contributed by atoms with Gasteiger partial charge in [0.05, 0.1) is 18.2 Å². The molecule has 1 aromatic carbocycles. The molecular weight excluding hydrogens is 442 g/mol. The van der Waals surface area contributed by atoms with Crippen molar-refractivity contribution in [2.24, 2.45) is 5.92 Å². The Kier molecular flexibility index (Phi) is 5.89. The van der Waals surface area contributed by atoms with Gasteiger partial charge in [0.2, 0.25) is 11.8 Å². The van der Waals surface area contributed by atoms with Crippen molar-refractivity contribution < 1.29 is 18.4 Å². The van der Waals surface area contributed by atoms with Crippen molar-refractivity contribution in [2.75, 3.05) is 24.4 Å². The minimum atomic E-state index is -2.11. The van der Waals surface area contributed by atoms with Crippen LogP contribution in [-0.2, 0) is 27.3 Å². The lowest BCUT2D eigenvalue weighted by molar-refractivity contribution is -0.142. The Hall–Kier alpha value is -2.48. The molecule has 0 radical (unpaired) electrons. The second-order valence-corrected chi connectivity index (χ2v) is 10.3. The summed E-state index contributed by atoms with van der Waals surface area (Å²) in [5.41, 5.74) is 2.84. The molecule has 1 aromatic rings. The van der Waals surface area contributed by atoms with Gasteiger partial charge in [-0.1, -0.05) is 13.0 Å². The number of hydrogen-bond acceptors (Lipinski definition) is 5. The Bertz CT molecular complexity index is 1040. The number of carbonyl (C=O) groups excluding carboxylic acids is 2. The smallest absolute Gasteiger partial charge is 0.259 e. The van der Waals surface area contributed by atoms with Crippen molar-refractivity contribution in [2.45, 2.75) is 63.2 Å². The number of hydrogen-bond donors (Lipinski definition) is 2. The van der Waals surface area contributed by atoms with E-state index in [4.69, 9.17) is 4.55 Å². The Morgan fingerprint density at radius 1 is 1.36 bits per heavy atom. The molecule has 4 aliphatic rings. The summed E-state index contributed by atoms with van der Waals surface area (Å²) in [6.45, 7) is 3.86. The van der Waals surface area contributed by atoms with Crippen LogP contribution in [0.1, 0.15) is 49.8 Å². The van der Waals surface area contributed by atoms with Crippen molar-refractivity contribution in [3.8, 4) is 6.07 Å². The van der Waals surface area contributed by atoms with Crippen molar-refractivity contribution in [1.82, 2.24) is 14.7 Å². The molecule has 3 fully saturated rings. The van der Waals surface area contributed by atoms with Crippen LogP contribution in [0.15, 0.2) is 18.2 Å². The highest BCUT2D eigenvalue weighted by atomic mass is 32.2. The van der Waals surface area contributed by atoms with Crippen LogP contribution in [0.2, 0.25) is 0 Å². The predicted octanol–water partition coefficient (Wildman–Crippen LogP) is 1.66. The zero-order chi connectivity index (χ0) is 23.3. The number of piperazine rings is 1. The fourth-order valence-corrected chi connectivity index (χ4v) is 6.55. The first-order chi connectivity index (χ1) is 15.9. The molecule has 3 aliphatic heterocycles.